The van der Waals surface area contributed by atoms with Crippen molar-refractivity contribution in [3.8, 4) is 0 Å². The summed E-state index contributed by atoms with van der Waals surface area (Å²) in [5.41, 5.74) is 0.686. The van der Waals surface area contributed by atoms with Crippen molar-refractivity contribution >= 4 is 23.4 Å². The summed E-state index contributed by atoms with van der Waals surface area (Å²) < 4.78 is 4.70. The number of hydrogen-bond acceptors (Lipinski definition) is 3. The molecule has 0 saturated carbocycles. The van der Waals surface area contributed by atoms with Gasteiger partial charge in [-0.15, -0.1) is 0 Å². The summed E-state index contributed by atoms with van der Waals surface area (Å²) >= 11 is 5.32. The first-order valence-electron chi connectivity index (χ1n) is 3.18. The summed E-state index contributed by atoms with van der Waals surface area (Å²) in [7, 11) is 0. The number of carbonyl (C=O) groups is 1. The van der Waals surface area contributed by atoms with Gasteiger partial charge in [-0.1, -0.05) is 23.3 Å². The first-order chi connectivity index (χ1) is 5.59. The Morgan fingerprint density at radius 2 is 2.50 bits per heavy atom. The molecule has 1 N–H and O–H groups in total. The predicted molar refractivity (Wildman–Crippen MR) is 44.9 cm³/mol. The Hall–Kier alpha value is -1.29. The van der Waals surface area contributed by atoms with Crippen molar-refractivity contribution in [3.05, 3.63) is 23.4 Å². The molecule has 1 aromatic heterocycles. The van der Waals surface area contributed by atoms with E-state index in [0.29, 0.717) is 5.69 Å². The van der Waals surface area contributed by atoms with Crippen molar-refractivity contribution in [2.24, 2.45) is 0 Å². The van der Waals surface area contributed by atoms with Crippen LogP contribution in [0.3, 0.4) is 0 Å². The van der Waals surface area contributed by atoms with Crippen LogP contribution in [0.25, 0.3) is 0 Å². The van der Waals surface area contributed by atoms with Crippen LogP contribution in [-0.2, 0) is 4.79 Å². The fraction of sp³-hybridized carbons (Fsp3) is 0.143. The normalized spacial score (nSPS) is 9.50. The van der Waals surface area contributed by atoms with Gasteiger partial charge in [-0.05, 0) is 6.92 Å². The summed E-state index contributed by atoms with van der Waals surface area (Å²) in [4.78, 5) is 10.9. The molecule has 0 bridgehead atoms. The number of amides is 1. The van der Waals surface area contributed by atoms with Crippen LogP contribution in [-0.4, -0.2) is 11.1 Å². The summed E-state index contributed by atoms with van der Waals surface area (Å²) in [6.45, 7) is 4.99. The van der Waals surface area contributed by atoms with Crippen LogP contribution in [0.2, 0.25) is 0 Å². The third-order valence-electron chi connectivity index (χ3n) is 1.11. The summed E-state index contributed by atoms with van der Waals surface area (Å²) in [6, 6.07) is 1.58. The SMILES string of the molecule is C=C(Cl)C(=O)Nc1cc(C)no1. The largest absolute Gasteiger partial charge is 0.338 e. The van der Waals surface area contributed by atoms with Crippen LogP contribution in [0.5, 0.6) is 0 Å². The van der Waals surface area contributed by atoms with E-state index in [4.69, 9.17) is 16.1 Å². The molecule has 0 aromatic carbocycles. The Bertz CT molecular complexity index is 319. The van der Waals surface area contributed by atoms with Crippen LogP contribution >= 0.6 is 11.6 Å². The number of halogens is 1. The van der Waals surface area contributed by atoms with Gasteiger partial charge in [-0.25, -0.2) is 0 Å². The van der Waals surface area contributed by atoms with E-state index in [1.165, 1.54) is 0 Å². The van der Waals surface area contributed by atoms with Gasteiger partial charge in [-0.2, -0.15) is 0 Å². The average molecular weight is 187 g/mol. The molecule has 0 aliphatic rings. The molecule has 0 saturated heterocycles. The van der Waals surface area contributed by atoms with Gasteiger partial charge in [0.25, 0.3) is 5.91 Å². The minimum atomic E-state index is -0.493. The second-order valence-electron chi connectivity index (χ2n) is 2.19. The quantitative estimate of drug-likeness (QED) is 0.715. The van der Waals surface area contributed by atoms with E-state index in [2.05, 4.69) is 17.1 Å². The highest BCUT2D eigenvalue weighted by molar-refractivity contribution is 6.43. The van der Waals surface area contributed by atoms with E-state index in [1.54, 1.807) is 13.0 Å². The Morgan fingerprint density at radius 3 is 2.92 bits per heavy atom. The second kappa shape index (κ2) is 3.40. The lowest BCUT2D eigenvalue weighted by molar-refractivity contribution is -0.112. The smallest absolute Gasteiger partial charge is 0.268 e. The molecule has 0 radical (unpaired) electrons. The molecule has 4 nitrogen and oxygen atoms in total. The molecule has 0 fully saturated rings. The zero-order valence-corrected chi connectivity index (χ0v) is 7.18. The fourth-order valence-electron chi connectivity index (χ4n) is 0.602. The number of hydrogen-bond donors (Lipinski definition) is 1. The highest BCUT2D eigenvalue weighted by Crippen LogP contribution is 2.10. The lowest BCUT2D eigenvalue weighted by atomic mass is 10.4. The molecule has 64 valence electrons. The van der Waals surface area contributed by atoms with Crippen molar-refractivity contribution in [1.29, 1.82) is 0 Å². The van der Waals surface area contributed by atoms with Gasteiger partial charge in [-0.3, -0.25) is 10.1 Å². The molecule has 0 aliphatic heterocycles. The summed E-state index contributed by atoms with van der Waals surface area (Å²) in [5, 5.41) is 5.84. The highest BCUT2D eigenvalue weighted by Gasteiger charge is 2.07. The van der Waals surface area contributed by atoms with Gasteiger partial charge < -0.3 is 4.52 Å². The Kier molecular flexibility index (Phi) is 2.50. The number of nitrogens with one attached hydrogen (secondary N) is 1. The van der Waals surface area contributed by atoms with Gasteiger partial charge in [0.15, 0.2) is 0 Å². The molecule has 0 spiro atoms. The van der Waals surface area contributed by atoms with E-state index in [-0.39, 0.29) is 10.9 Å². The van der Waals surface area contributed by atoms with Gasteiger partial charge in [0.2, 0.25) is 5.88 Å². The molecular weight excluding hydrogens is 180 g/mol. The Balaban J connectivity index is 2.64. The highest BCUT2D eigenvalue weighted by atomic mass is 35.5. The van der Waals surface area contributed by atoms with Crippen LogP contribution in [0.1, 0.15) is 5.69 Å². The fourth-order valence-corrected chi connectivity index (χ4v) is 0.649. The second-order valence-corrected chi connectivity index (χ2v) is 2.65. The van der Waals surface area contributed by atoms with E-state index >= 15 is 0 Å². The van der Waals surface area contributed by atoms with E-state index in [0.717, 1.165) is 0 Å². The van der Waals surface area contributed by atoms with Crippen molar-refractivity contribution in [2.45, 2.75) is 6.92 Å². The molecule has 1 amide bonds. The molecule has 0 aliphatic carbocycles. The molecule has 0 unspecified atom stereocenters. The van der Waals surface area contributed by atoms with Gasteiger partial charge in [0.1, 0.15) is 0 Å². The first kappa shape index (κ1) is 8.80. The van der Waals surface area contributed by atoms with Gasteiger partial charge >= 0.3 is 0 Å². The maximum atomic E-state index is 10.9. The van der Waals surface area contributed by atoms with Crippen molar-refractivity contribution < 1.29 is 9.32 Å². The molecular formula is C7H7ClN2O2. The van der Waals surface area contributed by atoms with Gasteiger partial charge in [0.05, 0.1) is 10.7 Å². The van der Waals surface area contributed by atoms with Gasteiger partial charge in [0, 0.05) is 6.07 Å². The van der Waals surface area contributed by atoms with Crippen LogP contribution < -0.4 is 5.32 Å². The monoisotopic (exact) mass is 186 g/mol. The minimum Gasteiger partial charge on any atom is -0.338 e. The number of anilines is 1. The average Bonchev–Trinajstić information content (AvgIpc) is 2.35. The third-order valence-corrected chi connectivity index (χ3v) is 1.28. The van der Waals surface area contributed by atoms with Crippen LogP contribution in [0.15, 0.2) is 22.2 Å². The molecule has 1 aromatic rings. The topological polar surface area (TPSA) is 55.1 Å². The zero-order chi connectivity index (χ0) is 9.14. The standard InChI is InChI=1S/C7H7ClN2O2/c1-4-3-6(12-10-4)9-7(11)5(2)8/h3H,2H2,1H3,(H,9,11). The molecule has 5 heteroatoms. The number of aryl methyl sites for hydroxylation is 1. The maximum Gasteiger partial charge on any atom is 0.268 e. The molecule has 1 rings (SSSR count). The van der Waals surface area contributed by atoms with Crippen LogP contribution in [0.4, 0.5) is 5.88 Å². The molecule has 1 heterocycles. The number of nitrogens with zero attached hydrogens (tertiary/aromatic N) is 1. The first-order valence-corrected chi connectivity index (χ1v) is 3.56. The molecule has 0 atom stereocenters. The minimum absolute atomic E-state index is 0.0935. The lowest BCUT2D eigenvalue weighted by Gasteiger charge is -1.95. The summed E-state index contributed by atoms with van der Waals surface area (Å²) in [5.74, 6) is -0.230. The van der Waals surface area contributed by atoms with E-state index in [1.807, 2.05) is 0 Å². The lowest BCUT2D eigenvalue weighted by Crippen LogP contribution is -2.09. The maximum absolute atomic E-state index is 10.9. The van der Waals surface area contributed by atoms with Crippen molar-refractivity contribution in [2.75, 3.05) is 5.32 Å². The number of aromatic nitrogens is 1. The van der Waals surface area contributed by atoms with Crippen molar-refractivity contribution in [3.63, 3.8) is 0 Å². The third kappa shape index (κ3) is 2.10. The zero-order valence-electron chi connectivity index (χ0n) is 6.43. The van der Waals surface area contributed by atoms with Crippen LogP contribution in [0, 0.1) is 6.92 Å². The van der Waals surface area contributed by atoms with E-state index in [9.17, 15) is 4.79 Å². The van der Waals surface area contributed by atoms with Crippen molar-refractivity contribution in [1.82, 2.24) is 5.16 Å². The number of rotatable bonds is 2. The molecule has 12 heavy (non-hydrogen) atoms. The number of carbonyl (C=O) groups excluding carboxylic acids is 1. The van der Waals surface area contributed by atoms with E-state index < -0.39 is 5.91 Å². The predicted octanol–water partition coefficient (Wildman–Crippen LogP) is 1.67. The summed E-state index contributed by atoms with van der Waals surface area (Å²) in [6.07, 6.45) is 0. The Labute approximate surface area is 74.2 Å². The Morgan fingerprint density at radius 1 is 1.83 bits per heavy atom.